The van der Waals surface area contributed by atoms with Crippen molar-refractivity contribution >= 4 is 15.9 Å². The second-order valence-electron chi connectivity index (χ2n) is 8.55. The molecule has 0 saturated carbocycles. The molecule has 3 rings (SSSR count). The number of nitrogens with zero attached hydrogens (tertiary/aromatic N) is 2. The Kier molecular flexibility index (Phi) is 7.90. The summed E-state index contributed by atoms with van der Waals surface area (Å²) in [6.07, 6.45) is 5.03. The summed E-state index contributed by atoms with van der Waals surface area (Å²) in [7, 11) is -3.19. The Balaban J connectivity index is 1.64. The van der Waals surface area contributed by atoms with E-state index in [-0.39, 0.29) is 11.9 Å². The van der Waals surface area contributed by atoms with Crippen molar-refractivity contribution in [3.63, 3.8) is 0 Å². The molecule has 1 atom stereocenters. The second kappa shape index (κ2) is 10.2. The van der Waals surface area contributed by atoms with Crippen molar-refractivity contribution in [2.75, 3.05) is 45.6 Å². The van der Waals surface area contributed by atoms with Crippen molar-refractivity contribution in [2.24, 2.45) is 0 Å². The molecule has 0 aliphatic carbocycles. The van der Waals surface area contributed by atoms with Gasteiger partial charge >= 0.3 is 0 Å². The van der Waals surface area contributed by atoms with E-state index in [1.807, 2.05) is 32.0 Å². The van der Waals surface area contributed by atoms with Crippen molar-refractivity contribution in [2.45, 2.75) is 51.6 Å². The van der Waals surface area contributed by atoms with E-state index in [4.69, 9.17) is 4.74 Å². The molecule has 1 aromatic rings. The Labute approximate surface area is 180 Å². The van der Waals surface area contributed by atoms with Gasteiger partial charge in [-0.2, -0.15) is 0 Å². The lowest BCUT2D eigenvalue weighted by Gasteiger charge is -2.43. The van der Waals surface area contributed by atoms with Crippen LogP contribution in [0.4, 0.5) is 0 Å². The minimum Gasteiger partial charge on any atom is -0.381 e. The molecule has 168 valence electrons. The number of nitrogens with one attached hydrogen (secondary N) is 1. The fourth-order valence-electron chi connectivity index (χ4n) is 4.46. The number of carbonyl (C=O) groups is 1. The average Bonchev–Trinajstić information content (AvgIpc) is 2.73. The Hall–Kier alpha value is -1.48. The molecule has 1 amide bonds. The standard InChI is InChI=1S/C22H35N3O4S/c1-17-6-7-19(15-18(17)2)22(26)23-10-12-25(20-8-13-29-14-9-20)21-5-4-11-24(16-21)30(3,27)28/h6-7,15,20-21H,4-5,8-14,16H2,1-3H3,(H,23,26). The van der Waals surface area contributed by atoms with Crippen molar-refractivity contribution < 1.29 is 17.9 Å². The molecule has 1 unspecified atom stereocenters. The Morgan fingerprint density at radius 1 is 1.17 bits per heavy atom. The predicted molar refractivity (Wildman–Crippen MR) is 118 cm³/mol. The van der Waals surface area contributed by atoms with Gasteiger partial charge in [0.25, 0.3) is 5.91 Å². The van der Waals surface area contributed by atoms with Gasteiger partial charge in [0.2, 0.25) is 10.0 Å². The minimum absolute atomic E-state index is 0.0635. The van der Waals surface area contributed by atoms with Crippen LogP contribution in [0.15, 0.2) is 18.2 Å². The molecule has 2 fully saturated rings. The Morgan fingerprint density at radius 3 is 2.57 bits per heavy atom. The van der Waals surface area contributed by atoms with Gasteiger partial charge in [0, 0.05) is 57.0 Å². The summed E-state index contributed by atoms with van der Waals surface area (Å²) in [5.41, 5.74) is 2.95. The first-order valence-corrected chi connectivity index (χ1v) is 12.7. The number of ether oxygens (including phenoxy) is 1. The zero-order valence-electron chi connectivity index (χ0n) is 18.4. The first-order chi connectivity index (χ1) is 14.3. The number of aryl methyl sites for hydroxylation is 2. The maximum absolute atomic E-state index is 12.6. The van der Waals surface area contributed by atoms with Gasteiger partial charge in [-0.25, -0.2) is 12.7 Å². The average molecular weight is 438 g/mol. The summed E-state index contributed by atoms with van der Waals surface area (Å²) >= 11 is 0. The van der Waals surface area contributed by atoms with E-state index >= 15 is 0 Å². The highest BCUT2D eigenvalue weighted by atomic mass is 32.2. The molecule has 0 spiro atoms. The Morgan fingerprint density at radius 2 is 1.90 bits per heavy atom. The molecular formula is C22H35N3O4S. The molecule has 30 heavy (non-hydrogen) atoms. The number of carbonyl (C=O) groups excluding carboxylic acids is 1. The van der Waals surface area contributed by atoms with Crippen molar-refractivity contribution in [1.82, 2.24) is 14.5 Å². The summed E-state index contributed by atoms with van der Waals surface area (Å²) in [5, 5.41) is 3.05. The van der Waals surface area contributed by atoms with Gasteiger partial charge in [0.1, 0.15) is 0 Å². The van der Waals surface area contributed by atoms with Crippen LogP contribution in [0.5, 0.6) is 0 Å². The molecule has 2 saturated heterocycles. The van der Waals surface area contributed by atoms with Crippen LogP contribution < -0.4 is 5.32 Å². The summed E-state index contributed by atoms with van der Waals surface area (Å²) in [6, 6.07) is 6.29. The van der Waals surface area contributed by atoms with Crippen LogP contribution in [0, 0.1) is 13.8 Å². The van der Waals surface area contributed by atoms with Crippen LogP contribution in [0.2, 0.25) is 0 Å². The van der Waals surface area contributed by atoms with E-state index in [9.17, 15) is 13.2 Å². The quantitative estimate of drug-likeness (QED) is 0.705. The van der Waals surface area contributed by atoms with Gasteiger partial charge < -0.3 is 10.1 Å². The summed E-state index contributed by atoms with van der Waals surface area (Å²) < 4.78 is 31.3. The molecule has 0 bridgehead atoms. The van der Waals surface area contributed by atoms with Gasteiger partial charge in [0.05, 0.1) is 6.26 Å². The van der Waals surface area contributed by atoms with Gasteiger partial charge in [-0.3, -0.25) is 9.69 Å². The SMILES string of the molecule is Cc1ccc(C(=O)NCCN(C2CCOCC2)C2CCCN(S(C)(=O)=O)C2)cc1C. The summed E-state index contributed by atoms with van der Waals surface area (Å²) in [6.45, 7) is 7.89. The van der Waals surface area contributed by atoms with E-state index in [1.165, 1.54) is 11.8 Å². The molecule has 0 aromatic heterocycles. The highest BCUT2D eigenvalue weighted by Crippen LogP contribution is 2.24. The number of piperidine rings is 1. The first-order valence-electron chi connectivity index (χ1n) is 10.9. The number of hydrogen-bond donors (Lipinski definition) is 1. The third-order valence-electron chi connectivity index (χ3n) is 6.38. The maximum Gasteiger partial charge on any atom is 0.251 e. The molecule has 1 N–H and O–H groups in total. The molecule has 2 heterocycles. The third-order valence-corrected chi connectivity index (χ3v) is 7.65. The lowest BCUT2D eigenvalue weighted by atomic mass is 9.99. The van der Waals surface area contributed by atoms with Crippen molar-refractivity contribution in [3.8, 4) is 0 Å². The van der Waals surface area contributed by atoms with E-state index in [0.717, 1.165) is 44.5 Å². The maximum atomic E-state index is 12.6. The van der Waals surface area contributed by atoms with E-state index in [1.54, 1.807) is 4.31 Å². The topological polar surface area (TPSA) is 79.0 Å². The first kappa shape index (κ1) is 23.2. The summed E-state index contributed by atoms with van der Waals surface area (Å²) in [5.74, 6) is -0.0635. The number of amides is 1. The molecular weight excluding hydrogens is 402 g/mol. The van der Waals surface area contributed by atoms with Crippen LogP contribution >= 0.6 is 0 Å². The lowest BCUT2D eigenvalue weighted by molar-refractivity contribution is 0.00673. The van der Waals surface area contributed by atoms with Crippen LogP contribution in [0.25, 0.3) is 0 Å². The number of benzene rings is 1. The fourth-order valence-corrected chi connectivity index (χ4v) is 5.36. The predicted octanol–water partition coefficient (Wildman–Crippen LogP) is 1.94. The zero-order chi connectivity index (χ0) is 21.7. The van der Waals surface area contributed by atoms with Crippen LogP contribution in [0.3, 0.4) is 0 Å². The van der Waals surface area contributed by atoms with Gasteiger partial charge in [-0.15, -0.1) is 0 Å². The number of sulfonamides is 1. The normalized spacial score (nSPS) is 21.7. The smallest absolute Gasteiger partial charge is 0.251 e. The monoisotopic (exact) mass is 437 g/mol. The third kappa shape index (κ3) is 6.03. The molecule has 2 aliphatic heterocycles. The van der Waals surface area contributed by atoms with E-state index < -0.39 is 10.0 Å². The fraction of sp³-hybridized carbons (Fsp3) is 0.682. The molecule has 2 aliphatic rings. The van der Waals surface area contributed by atoms with Crippen LogP contribution in [-0.2, 0) is 14.8 Å². The minimum atomic E-state index is -3.19. The lowest BCUT2D eigenvalue weighted by Crippen LogP contribution is -2.55. The highest BCUT2D eigenvalue weighted by Gasteiger charge is 2.33. The molecule has 1 aromatic carbocycles. The van der Waals surface area contributed by atoms with Crippen LogP contribution in [-0.4, -0.2) is 81.3 Å². The van der Waals surface area contributed by atoms with E-state index in [2.05, 4.69) is 10.2 Å². The number of rotatable bonds is 7. The molecule has 0 radical (unpaired) electrons. The van der Waals surface area contributed by atoms with E-state index in [0.29, 0.717) is 37.8 Å². The molecule has 7 nitrogen and oxygen atoms in total. The molecule has 8 heteroatoms. The largest absolute Gasteiger partial charge is 0.381 e. The van der Waals surface area contributed by atoms with Crippen molar-refractivity contribution in [1.29, 1.82) is 0 Å². The second-order valence-corrected chi connectivity index (χ2v) is 10.5. The van der Waals surface area contributed by atoms with Crippen LogP contribution in [0.1, 0.15) is 47.2 Å². The van der Waals surface area contributed by atoms with Gasteiger partial charge in [0.15, 0.2) is 0 Å². The van der Waals surface area contributed by atoms with Gasteiger partial charge in [-0.05, 0) is 62.8 Å². The Bertz CT molecular complexity index is 837. The number of hydrogen-bond acceptors (Lipinski definition) is 5. The van der Waals surface area contributed by atoms with Gasteiger partial charge in [-0.1, -0.05) is 6.07 Å². The zero-order valence-corrected chi connectivity index (χ0v) is 19.2. The van der Waals surface area contributed by atoms with Crippen molar-refractivity contribution in [3.05, 3.63) is 34.9 Å². The highest BCUT2D eigenvalue weighted by molar-refractivity contribution is 7.88. The summed E-state index contributed by atoms with van der Waals surface area (Å²) in [4.78, 5) is 15.0.